The molecule has 0 radical (unpaired) electrons. The van der Waals surface area contributed by atoms with E-state index in [-0.39, 0.29) is 24.5 Å². The van der Waals surface area contributed by atoms with Gasteiger partial charge in [0.05, 0.1) is 0 Å². The Hall–Kier alpha value is -1.46. The molecule has 1 N–H and O–H groups in total. The highest BCUT2D eigenvalue weighted by Crippen LogP contribution is 2.22. The average Bonchev–Trinajstić information content (AvgIpc) is 2.82. The maximum Gasteiger partial charge on any atom is 0.254 e. The van der Waals surface area contributed by atoms with Gasteiger partial charge in [0.15, 0.2) is 0 Å². The first kappa shape index (κ1) is 14.0. The van der Waals surface area contributed by atoms with Crippen molar-refractivity contribution >= 4 is 5.91 Å². The van der Waals surface area contributed by atoms with Crippen LogP contribution in [0, 0.1) is 12.8 Å². The van der Waals surface area contributed by atoms with Gasteiger partial charge in [-0.15, -0.1) is 0 Å². The van der Waals surface area contributed by atoms with Crippen molar-refractivity contribution in [2.24, 2.45) is 5.92 Å². The fourth-order valence-corrected chi connectivity index (χ4v) is 2.65. The van der Waals surface area contributed by atoms with Gasteiger partial charge in [-0.05, 0) is 33.2 Å². The third-order valence-corrected chi connectivity index (χ3v) is 3.74. The predicted octanol–water partition coefficient (Wildman–Crippen LogP) is 0.385. The van der Waals surface area contributed by atoms with Gasteiger partial charge in [0.1, 0.15) is 0 Å². The number of likely N-dealkylation sites (tertiary alicyclic amines) is 1. The second-order valence-electron chi connectivity index (χ2n) is 5.37. The van der Waals surface area contributed by atoms with Crippen LogP contribution in [0.2, 0.25) is 0 Å². The van der Waals surface area contributed by atoms with Crippen LogP contribution < -0.4 is 0 Å². The molecule has 0 aliphatic carbocycles. The Kier molecular flexibility index (Phi) is 4.17. The van der Waals surface area contributed by atoms with Crippen molar-refractivity contribution in [2.45, 2.75) is 13.0 Å². The van der Waals surface area contributed by atoms with Crippen molar-refractivity contribution in [3.63, 3.8) is 0 Å². The Bertz CT molecular complexity index is 462. The summed E-state index contributed by atoms with van der Waals surface area (Å²) in [5.41, 5.74) is 1.51. The molecular formula is C14H21N3O2. The van der Waals surface area contributed by atoms with E-state index in [0.29, 0.717) is 18.7 Å². The average molecular weight is 263 g/mol. The van der Waals surface area contributed by atoms with E-state index in [0.717, 1.165) is 5.69 Å². The molecule has 2 atom stereocenters. The summed E-state index contributed by atoms with van der Waals surface area (Å²) in [6.45, 7) is 3.26. The molecule has 19 heavy (non-hydrogen) atoms. The number of likely N-dealkylation sites (N-methyl/N-ethyl adjacent to an activating group) is 1. The summed E-state index contributed by atoms with van der Waals surface area (Å²) in [6, 6.07) is 3.77. The lowest BCUT2D eigenvalue weighted by Crippen LogP contribution is -2.37. The number of carbonyl (C=O) groups is 1. The summed E-state index contributed by atoms with van der Waals surface area (Å²) in [4.78, 5) is 20.4. The van der Waals surface area contributed by atoms with Crippen molar-refractivity contribution in [2.75, 3.05) is 33.8 Å². The lowest BCUT2D eigenvalue weighted by Gasteiger charge is -2.23. The molecular weight excluding hydrogens is 242 g/mol. The summed E-state index contributed by atoms with van der Waals surface area (Å²) in [7, 11) is 3.97. The molecule has 0 bridgehead atoms. The SMILES string of the molecule is Cc1cc(C(=O)N2C[C@@H](CO)[C@H](N(C)C)C2)ccn1. The van der Waals surface area contributed by atoms with E-state index in [4.69, 9.17) is 0 Å². The number of aliphatic hydroxyl groups excluding tert-OH is 1. The number of hydrogen-bond acceptors (Lipinski definition) is 4. The minimum atomic E-state index is 0.0216. The van der Waals surface area contributed by atoms with Crippen LogP contribution in [0.5, 0.6) is 0 Å². The molecule has 0 unspecified atom stereocenters. The Morgan fingerprint density at radius 3 is 2.79 bits per heavy atom. The largest absolute Gasteiger partial charge is 0.396 e. The summed E-state index contributed by atoms with van der Waals surface area (Å²) in [5.74, 6) is 0.148. The van der Waals surface area contributed by atoms with Crippen LogP contribution in [0.4, 0.5) is 0 Å². The normalized spacial score (nSPS) is 23.1. The van der Waals surface area contributed by atoms with Crippen molar-refractivity contribution in [1.82, 2.24) is 14.8 Å². The topological polar surface area (TPSA) is 56.7 Å². The van der Waals surface area contributed by atoms with E-state index in [1.54, 1.807) is 18.3 Å². The molecule has 0 aromatic carbocycles. The second kappa shape index (κ2) is 5.67. The molecule has 1 aliphatic rings. The zero-order valence-electron chi connectivity index (χ0n) is 11.7. The van der Waals surface area contributed by atoms with Crippen molar-refractivity contribution in [3.8, 4) is 0 Å². The van der Waals surface area contributed by atoms with E-state index in [1.807, 2.05) is 25.9 Å². The van der Waals surface area contributed by atoms with Crippen molar-refractivity contribution in [3.05, 3.63) is 29.6 Å². The highest BCUT2D eigenvalue weighted by Gasteiger charge is 2.36. The van der Waals surface area contributed by atoms with Crippen LogP contribution in [0.1, 0.15) is 16.1 Å². The van der Waals surface area contributed by atoms with Crippen LogP contribution in [0.3, 0.4) is 0 Å². The maximum absolute atomic E-state index is 12.4. The molecule has 1 aromatic rings. The van der Waals surface area contributed by atoms with Crippen LogP contribution in [-0.2, 0) is 0 Å². The molecule has 5 heteroatoms. The van der Waals surface area contributed by atoms with Gasteiger partial charge in [0.25, 0.3) is 5.91 Å². The van der Waals surface area contributed by atoms with Crippen LogP contribution in [-0.4, -0.2) is 65.6 Å². The minimum absolute atomic E-state index is 0.0216. The molecule has 1 fully saturated rings. The van der Waals surface area contributed by atoms with Gasteiger partial charge in [-0.1, -0.05) is 0 Å². The third-order valence-electron chi connectivity index (χ3n) is 3.74. The molecule has 1 aliphatic heterocycles. The van der Waals surface area contributed by atoms with Crippen molar-refractivity contribution < 1.29 is 9.90 Å². The first-order valence-electron chi connectivity index (χ1n) is 6.52. The van der Waals surface area contributed by atoms with Gasteiger partial charge in [-0.3, -0.25) is 9.78 Å². The fraction of sp³-hybridized carbons (Fsp3) is 0.571. The van der Waals surface area contributed by atoms with E-state index in [2.05, 4.69) is 9.88 Å². The number of pyridine rings is 1. The quantitative estimate of drug-likeness (QED) is 0.857. The van der Waals surface area contributed by atoms with E-state index >= 15 is 0 Å². The summed E-state index contributed by atoms with van der Waals surface area (Å²) in [6.07, 6.45) is 1.66. The maximum atomic E-state index is 12.4. The van der Waals surface area contributed by atoms with Crippen LogP contribution in [0.25, 0.3) is 0 Å². The number of aryl methyl sites for hydroxylation is 1. The highest BCUT2D eigenvalue weighted by molar-refractivity contribution is 5.94. The zero-order valence-corrected chi connectivity index (χ0v) is 11.7. The van der Waals surface area contributed by atoms with Gasteiger partial charge in [-0.2, -0.15) is 0 Å². The van der Waals surface area contributed by atoms with E-state index in [1.165, 1.54) is 0 Å². The first-order valence-corrected chi connectivity index (χ1v) is 6.52. The van der Waals surface area contributed by atoms with E-state index in [9.17, 15) is 9.90 Å². The van der Waals surface area contributed by atoms with Gasteiger partial charge in [0.2, 0.25) is 0 Å². The number of aliphatic hydroxyl groups is 1. The predicted molar refractivity (Wildman–Crippen MR) is 72.9 cm³/mol. The molecule has 2 rings (SSSR count). The fourth-order valence-electron chi connectivity index (χ4n) is 2.65. The Morgan fingerprint density at radius 1 is 1.53 bits per heavy atom. The van der Waals surface area contributed by atoms with E-state index < -0.39 is 0 Å². The van der Waals surface area contributed by atoms with Gasteiger partial charge < -0.3 is 14.9 Å². The molecule has 1 aromatic heterocycles. The minimum Gasteiger partial charge on any atom is -0.396 e. The number of nitrogens with zero attached hydrogens (tertiary/aromatic N) is 3. The smallest absolute Gasteiger partial charge is 0.254 e. The number of hydrogen-bond donors (Lipinski definition) is 1. The molecule has 0 spiro atoms. The molecule has 1 amide bonds. The number of rotatable bonds is 3. The molecule has 2 heterocycles. The summed E-state index contributed by atoms with van der Waals surface area (Å²) in [5, 5.41) is 9.42. The third kappa shape index (κ3) is 2.93. The zero-order chi connectivity index (χ0) is 14.0. The lowest BCUT2D eigenvalue weighted by atomic mass is 10.0. The van der Waals surface area contributed by atoms with Gasteiger partial charge in [-0.25, -0.2) is 0 Å². The Balaban J connectivity index is 2.13. The number of aromatic nitrogens is 1. The van der Waals surface area contributed by atoms with Crippen LogP contribution in [0.15, 0.2) is 18.3 Å². The Morgan fingerprint density at radius 2 is 2.26 bits per heavy atom. The lowest BCUT2D eigenvalue weighted by molar-refractivity contribution is 0.0778. The Labute approximate surface area is 113 Å². The standard InChI is InChI=1S/C14H21N3O2/c1-10-6-11(4-5-15-10)14(19)17-7-12(9-18)13(8-17)16(2)3/h4-6,12-13,18H,7-9H2,1-3H3/t12-,13+/m0/s1. The second-order valence-corrected chi connectivity index (χ2v) is 5.37. The van der Waals surface area contributed by atoms with Gasteiger partial charge in [0, 0.05) is 49.1 Å². The molecule has 1 saturated heterocycles. The molecule has 104 valence electrons. The summed E-state index contributed by atoms with van der Waals surface area (Å²) < 4.78 is 0. The van der Waals surface area contributed by atoms with Crippen molar-refractivity contribution in [1.29, 1.82) is 0 Å². The number of amides is 1. The summed E-state index contributed by atoms with van der Waals surface area (Å²) >= 11 is 0. The van der Waals surface area contributed by atoms with Gasteiger partial charge >= 0.3 is 0 Å². The highest BCUT2D eigenvalue weighted by atomic mass is 16.3. The molecule has 5 nitrogen and oxygen atoms in total. The number of carbonyl (C=O) groups excluding carboxylic acids is 1. The first-order chi connectivity index (χ1) is 9.02. The monoisotopic (exact) mass is 263 g/mol. The van der Waals surface area contributed by atoms with Crippen LogP contribution >= 0.6 is 0 Å². The molecule has 0 saturated carbocycles.